The summed E-state index contributed by atoms with van der Waals surface area (Å²) >= 11 is 0. The van der Waals surface area contributed by atoms with Crippen molar-refractivity contribution in [3.63, 3.8) is 0 Å². The van der Waals surface area contributed by atoms with Crippen molar-refractivity contribution in [3.8, 4) is 6.07 Å². The van der Waals surface area contributed by atoms with E-state index in [0.717, 1.165) is 11.3 Å². The Bertz CT molecular complexity index is 413. The lowest BCUT2D eigenvalue weighted by Crippen LogP contribution is -2.36. The zero-order valence-electron chi connectivity index (χ0n) is 10.3. The largest absolute Gasteiger partial charge is 0.389 e. The van der Waals surface area contributed by atoms with Crippen molar-refractivity contribution < 1.29 is 5.11 Å². The molecule has 1 aromatic rings. The van der Waals surface area contributed by atoms with Crippen molar-refractivity contribution in [1.29, 1.82) is 5.26 Å². The lowest BCUT2D eigenvalue weighted by molar-refractivity contribution is 0.0886. The van der Waals surface area contributed by atoms with Gasteiger partial charge >= 0.3 is 0 Å². The number of anilines is 1. The molecule has 0 atom stereocenters. The molecule has 0 fully saturated rings. The lowest BCUT2D eigenvalue weighted by Gasteiger charge is -2.28. The predicted octanol–water partition coefficient (Wildman–Crippen LogP) is 2.07. The summed E-state index contributed by atoms with van der Waals surface area (Å²) in [5.74, 6) is 0. The lowest BCUT2D eigenvalue weighted by atomic mass is 10.1. The van der Waals surface area contributed by atoms with E-state index in [0.29, 0.717) is 12.1 Å². The molecule has 3 heteroatoms. The highest BCUT2D eigenvalue weighted by atomic mass is 16.3. The van der Waals surface area contributed by atoms with E-state index >= 15 is 0 Å². The molecule has 0 aliphatic carbocycles. The van der Waals surface area contributed by atoms with Crippen molar-refractivity contribution in [2.75, 3.05) is 18.5 Å². The molecule has 0 saturated heterocycles. The van der Waals surface area contributed by atoms with Crippen LogP contribution in [0.4, 0.5) is 5.69 Å². The first-order chi connectivity index (χ1) is 7.33. The zero-order chi connectivity index (χ0) is 12.3. The normalized spacial score (nSPS) is 11.0. The van der Waals surface area contributed by atoms with Gasteiger partial charge in [0.2, 0.25) is 0 Å². The third-order valence-corrected chi connectivity index (χ3v) is 2.31. The van der Waals surface area contributed by atoms with Crippen molar-refractivity contribution >= 4 is 5.69 Å². The molecule has 0 aromatic heterocycles. The summed E-state index contributed by atoms with van der Waals surface area (Å²) in [6, 6.07) is 7.86. The number of hydrogen-bond donors (Lipinski definition) is 1. The number of nitrogens with zero attached hydrogens (tertiary/aromatic N) is 2. The van der Waals surface area contributed by atoms with Crippen molar-refractivity contribution in [2.45, 2.75) is 26.4 Å². The Kier molecular flexibility index (Phi) is 3.56. The van der Waals surface area contributed by atoms with E-state index in [9.17, 15) is 5.11 Å². The van der Waals surface area contributed by atoms with E-state index in [2.05, 4.69) is 6.07 Å². The first-order valence-corrected chi connectivity index (χ1v) is 5.28. The van der Waals surface area contributed by atoms with Gasteiger partial charge in [-0.3, -0.25) is 0 Å². The molecule has 0 aliphatic rings. The molecule has 1 N–H and O–H groups in total. The summed E-state index contributed by atoms with van der Waals surface area (Å²) in [6.07, 6.45) is 0. The summed E-state index contributed by atoms with van der Waals surface area (Å²) in [5, 5.41) is 18.8. The number of nitriles is 1. The van der Waals surface area contributed by atoms with Gasteiger partial charge in [0.25, 0.3) is 0 Å². The number of benzene rings is 1. The number of aryl methyl sites for hydroxylation is 1. The summed E-state index contributed by atoms with van der Waals surface area (Å²) < 4.78 is 0. The molecule has 16 heavy (non-hydrogen) atoms. The molecular formula is C13H18N2O. The molecule has 86 valence electrons. The average Bonchev–Trinajstić information content (AvgIpc) is 2.15. The van der Waals surface area contributed by atoms with Crippen LogP contribution in [-0.2, 0) is 0 Å². The van der Waals surface area contributed by atoms with Crippen LogP contribution in [0, 0.1) is 18.3 Å². The van der Waals surface area contributed by atoms with E-state index in [1.54, 1.807) is 13.8 Å². The quantitative estimate of drug-likeness (QED) is 0.845. The number of likely N-dealkylation sites (N-methyl/N-ethyl adjacent to an activating group) is 1. The van der Waals surface area contributed by atoms with Crippen LogP contribution in [0.3, 0.4) is 0 Å². The van der Waals surface area contributed by atoms with Crippen LogP contribution in [0.15, 0.2) is 18.2 Å². The molecule has 0 spiro atoms. The maximum atomic E-state index is 9.76. The molecule has 0 radical (unpaired) electrons. The summed E-state index contributed by atoms with van der Waals surface area (Å²) in [7, 11) is 1.88. The second-order valence-electron chi connectivity index (χ2n) is 4.80. The van der Waals surface area contributed by atoms with Gasteiger partial charge in [-0.05, 0) is 38.5 Å². The molecule has 3 nitrogen and oxygen atoms in total. The fourth-order valence-electron chi connectivity index (χ4n) is 1.72. The molecule has 1 aromatic carbocycles. The highest BCUT2D eigenvalue weighted by molar-refractivity contribution is 5.60. The van der Waals surface area contributed by atoms with Gasteiger partial charge in [-0.2, -0.15) is 5.26 Å². The van der Waals surface area contributed by atoms with Crippen molar-refractivity contribution in [3.05, 3.63) is 29.3 Å². The molecule has 0 heterocycles. The van der Waals surface area contributed by atoms with E-state index in [-0.39, 0.29) is 0 Å². The first kappa shape index (κ1) is 12.5. The predicted molar refractivity (Wildman–Crippen MR) is 65.5 cm³/mol. The molecule has 0 aliphatic heterocycles. The van der Waals surface area contributed by atoms with E-state index in [4.69, 9.17) is 5.26 Å². The highest BCUT2D eigenvalue weighted by Gasteiger charge is 2.17. The number of rotatable bonds is 3. The molecule has 0 amide bonds. The maximum absolute atomic E-state index is 9.76. The van der Waals surface area contributed by atoms with E-state index < -0.39 is 5.60 Å². The Morgan fingerprint density at radius 1 is 1.44 bits per heavy atom. The minimum absolute atomic E-state index is 0.491. The Morgan fingerprint density at radius 2 is 2.06 bits per heavy atom. The van der Waals surface area contributed by atoms with Crippen LogP contribution in [0.2, 0.25) is 0 Å². The Morgan fingerprint density at radius 3 is 2.56 bits per heavy atom. The van der Waals surface area contributed by atoms with Crippen LogP contribution < -0.4 is 4.90 Å². The average molecular weight is 218 g/mol. The van der Waals surface area contributed by atoms with Crippen LogP contribution in [0.5, 0.6) is 0 Å². The Labute approximate surface area is 96.9 Å². The van der Waals surface area contributed by atoms with Gasteiger partial charge in [0.15, 0.2) is 0 Å². The van der Waals surface area contributed by atoms with Gasteiger partial charge in [0.1, 0.15) is 6.07 Å². The Hall–Kier alpha value is -1.53. The van der Waals surface area contributed by atoms with E-state index in [1.165, 1.54) is 0 Å². The molecule has 0 unspecified atom stereocenters. The second-order valence-corrected chi connectivity index (χ2v) is 4.80. The fourth-order valence-corrected chi connectivity index (χ4v) is 1.72. The van der Waals surface area contributed by atoms with Crippen LogP contribution in [0.1, 0.15) is 25.0 Å². The summed E-state index contributed by atoms with van der Waals surface area (Å²) in [4.78, 5) is 1.91. The number of hydrogen-bond acceptors (Lipinski definition) is 3. The van der Waals surface area contributed by atoms with Crippen LogP contribution in [0.25, 0.3) is 0 Å². The SMILES string of the molecule is Cc1ccc(C#N)c(N(C)CC(C)(C)O)c1. The maximum Gasteiger partial charge on any atom is 0.101 e. The first-order valence-electron chi connectivity index (χ1n) is 5.28. The third kappa shape index (κ3) is 3.25. The zero-order valence-corrected chi connectivity index (χ0v) is 10.3. The summed E-state index contributed by atoms with van der Waals surface area (Å²) in [6.45, 7) is 5.99. The van der Waals surface area contributed by atoms with Crippen LogP contribution in [-0.4, -0.2) is 24.3 Å². The minimum Gasteiger partial charge on any atom is -0.389 e. The van der Waals surface area contributed by atoms with Crippen LogP contribution >= 0.6 is 0 Å². The van der Waals surface area contributed by atoms with Gasteiger partial charge in [0, 0.05) is 13.6 Å². The molecule has 1 rings (SSSR count). The molecular weight excluding hydrogens is 200 g/mol. The topological polar surface area (TPSA) is 47.3 Å². The monoisotopic (exact) mass is 218 g/mol. The number of aliphatic hydroxyl groups is 1. The van der Waals surface area contributed by atoms with Gasteiger partial charge in [-0.15, -0.1) is 0 Å². The molecule has 0 saturated carbocycles. The molecule has 0 bridgehead atoms. The summed E-state index contributed by atoms with van der Waals surface area (Å²) in [5.41, 5.74) is 1.84. The minimum atomic E-state index is -0.773. The highest BCUT2D eigenvalue weighted by Crippen LogP contribution is 2.22. The third-order valence-electron chi connectivity index (χ3n) is 2.31. The van der Waals surface area contributed by atoms with Gasteiger partial charge in [0.05, 0.1) is 16.9 Å². The van der Waals surface area contributed by atoms with Gasteiger partial charge in [-0.1, -0.05) is 6.07 Å². The standard InChI is InChI=1S/C13H18N2O/c1-10-5-6-11(8-14)12(7-10)15(4)9-13(2,3)16/h5-7,16H,9H2,1-4H3. The van der Waals surface area contributed by atoms with E-state index in [1.807, 2.05) is 37.1 Å². The fraction of sp³-hybridized carbons (Fsp3) is 0.462. The van der Waals surface area contributed by atoms with Crippen molar-refractivity contribution in [2.24, 2.45) is 0 Å². The smallest absolute Gasteiger partial charge is 0.101 e. The second kappa shape index (κ2) is 4.54. The van der Waals surface area contributed by atoms with Crippen molar-refractivity contribution in [1.82, 2.24) is 0 Å². The Balaban J connectivity index is 3.03. The van der Waals surface area contributed by atoms with Gasteiger partial charge < -0.3 is 10.0 Å². The van der Waals surface area contributed by atoms with Gasteiger partial charge in [-0.25, -0.2) is 0 Å².